The summed E-state index contributed by atoms with van der Waals surface area (Å²) in [6.45, 7) is 0. The smallest absolute Gasteiger partial charge is 0.0408 e. The molecule has 12 heavy (non-hydrogen) atoms. The average Bonchev–Trinajstić information content (AvgIpc) is 1.82. The van der Waals surface area contributed by atoms with Crippen LogP contribution in [0.5, 0.6) is 0 Å². The summed E-state index contributed by atoms with van der Waals surface area (Å²) in [5.41, 5.74) is 0.427. The van der Waals surface area contributed by atoms with E-state index in [1.807, 2.05) is 0 Å². The van der Waals surface area contributed by atoms with Gasteiger partial charge >= 0.3 is 0 Å². The second kappa shape index (κ2) is 3.58. The van der Waals surface area contributed by atoms with Gasteiger partial charge < -0.3 is 14.4 Å². The van der Waals surface area contributed by atoms with E-state index in [4.69, 9.17) is 11.6 Å². The van der Waals surface area contributed by atoms with E-state index in [2.05, 4.69) is 0 Å². The molecule has 0 N–H and O–H groups in total. The molecule has 0 heterocycles. The molecule has 1 rings (SSSR count). The van der Waals surface area contributed by atoms with Crippen molar-refractivity contribution < 1.29 is 14.4 Å². The van der Waals surface area contributed by atoms with Crippen LogP contribution >= 0.6 is 19.2 Å². The Morgan fingerprint density at radius 2 is 2.08 bits per heavy atom. The Bertz CT molecular complexity index is 320. The lowest BCUT2D eigenvalue weighted by Crippen LogP contribution is -2.15. The van der Waals surface area contributed by atoms with Gasteiger partial charge in [0.2, 0.25) is 0 Å². The lowest BCUT2D eigenvalue weighted by Gasteiger charge is -2.29. The van der Waals surface area contributed by atoms with Crippen molar-refractivity contribution in [1.82, 2.24) is 0 Å². The summed E-state index contributed by atoms with van der Waals surface area (Å²) in [4.78, 5) is 20.7. The number of hydrogen-bond acceptors (Lipinski definition) is 3. The molecule has 0 aliphatic carbocycles. The Labute approximate surface area is 75.2 Å². The van der Waals surface area contributed by atoms with Crippen LogP contribution in [-0.4, -0.2) is 0 Å². The molecule has 1 aromatic carbocycles. The van der Waals surface area contributed by atoms with Crippen molar-refractivity contribution in [3.63, 3.8) is 0 Å². The largest absolute Gasteiger partial charge is 0.810 e. The fraction of sp³-hybridized carbons (Fsp3) is 0.143. The van der Waals surface area contributed by atoms with Crippen molar-refractivity contribution in [2.24, 2.45) is 0 Å². The third-order valence-electron chi connectivity index (χ3n) is 1.27. The fourth-order valence-corrected chi connectivity index (χ4v) is 1.72. The van der Waals surface area contributed by atoms with Crippen LogP contribution in [0.3, 0.4) is 0 Å². The predicted octanol–water partition coefficient (Wildman–Crippen LogP) is 0.754. The molecule has 66 valence electrons. The molecule has 0 unspecified atom stereocenters. The summed E-state index contributed by atoms with van der Waals surface area (Å²) in [5, 5.41) is 0.431. The first kappa shape index (κ1) is 9.75. The average molecular weight is 205 g/mol. The van der Waals surface area contributed by atoms with E-state index in [1.165, 1.54) is 6.07 Å². The third kappa shape index (κ3) is 3.37. The van der Waals surface area contributed by atoms with Gasteiger partial charge in [0, 0.05) is 11.2 Å². The molecule has 0 aromatic heterocycles. The van der Waals surface area contributed by atoms with Crippen LogP contribution in [0.25, 0.3) is 0 Å². The van der Waals surface area contributed by atoms with E-state index < -0.39 is 13.8 Å². The predicted molar refractivity (Wildman–Crippen MR) is 42.8 cm³/mol. The molecule has 0 atom stereocenters. The summed E-state index contributed by atoms with van der Waals surface area (Å²) in [5.74, 6) is 0. The molecule has 0 spiro atoms. The van der Waals surface area contributed by atoms with Gasteiger partial charge in [-0.1, -0.05) is 31.3 Å². The zero-order chi connectivity index (χ0) is 9.19. The van der Waals surface area contributed by atoms with E-state index in [0.29, 0.717) is 10.6 Å². The molecule has 5 heteroatoms. The van der Waals surface area contributed by atoms with E-state index in [-0.39, 0.29) is 0 Å². The van der Waals surface area contributed by atoms with Gasteiger partial charge in [-0.15, -0.1) is 0 Å². The first-order valence-corrected chi connectivity index (χ1v) is 5.33. The van der Waals surface area contributed by atoms with Crippen molar-refractivity contribution in [1.29, 1.82) is 0 Å². The molecule has 0 radical (unpaired) electrons. The summed E-state index contributed by atoms with van der Waals surface area (Å²) >= 11 is 5.58. The van der Waals surface area contributed by atoms with Gasteiger partial charge in [-0.3, -0.25) is 0 Å². The van der Waals surface area contributed by atoms with E-state index in [0.717, 1.165) is 0 Å². The minimum atomic E-state index is -4.47. The Kier molecular flexibility index (Phi) is 2.91. The van der Waals surface area contributed by atoms with Gasteiger partial charge in [0.1, 0.15) is 0 Å². The molecule has 0 aliphatic heterocycles. The minimum Gasteiger partial charge on any atom is -0.810 e. The van der Waals surface area contributed by atoms with Crippen LogP contribution in [0.1, 0.15) is 5.56 Å². The number of hydrogen-bond donors (Lipinski definition) is 0. The second-order valence-corrected chi connectivity index (χ2v) is 4.37. The maximum atomic E-state index is 10.3. The van der Waals surface area contributed by atoms with Crippen LogP contribution in [0, 0.1) is 0 Å². The molecule has 0 aliphatic rings. The third-order valence-corrected chi connectivity index (χ3v) is 2.25. The normalized spacial score (nSPS) is 11.6. The first-order valence-electron chi connectivity index (χ1n) is 3.23. The van der Waals surface area contributed by atoms with Crippen molar-refractivity contribution in [2.45, 2.75) is 6.16 Å². The minimum absolute atomic E-state index is 0.427. The summed E-state index contributed by atoms with van der Waals surface area (Å²) in [7, 11) is -4.47. The van der Waals surface area contributed by atoms with Gasteiger partial charge in [-0.25, -0.2) is 0 Å². The van der Waals surface area contributed by atoms with Crippen molar-refractivity contribution in [3.05, 3.63) is 34.9 Å². The molecule has 0 saturated heterocycles. The SMILES string of the molecule is O=P([O-])([O-])Cc1cccc(Cl)c1. The topological polar surface area (TPSA) is 63.2 Å². The number of rotatable bonds is 2. The Balaban J connectivity index is 2.84. The summed E-state index contributed by atoms with van der Waals surface area (Å²) in [6.07, 6.45) is -0.479. The van der Waals surface area contributed by atoms with E-state index >= 15 is 0 Å². The first-order chi connectivity index (χ1) is 5.47. The Morgan fingerprint density at radius 1 is 1.42 bits per heavy atom. The summed E-state index contributed by atoms with van der Waals surface area (Å²) in [6, 6.07) is 6.23. The number of halogens is 1. The lowest BCUT2D eigenvalue weighted by atomic mass is 10.2. The van der Waals surface area contributed by atoms with Crippen molar-refractivity contribution >= 4 is 19.2 Å². The zero-order valence-corrected chi connectivity index (χ0v) is 7.72. The second-order valence-electron chi connectivity index (χ2n) is 2.40. The quantitative estimate of drug-likeness (QED) is 0.668. The Morgan fingerprint density at radius 3 is 2.58 bits per heavy atom. The van der Waals surface area contributed by atoms with Gasteiger partial charge in [0.25, 0.3) is 0 Å². The molecule has 1 aromatic rings. The maximum absolute atomic E-state index is 10.3. The highest BCUT2D eigenvalue weighted by Gasteiger charge is 1.96. The van der Waals surface area contributed by atoms with E-state index in [9.17, 15) is 14.4 Å². The van der Waals surface area contributed by atoms with E-state index in [1.54, 1.807) is 18.2 Å². The lowest BCUT2D eigenvalue weighted by molar-refractivity contribution is -0.314. The molecular weight excluding hydrogens is 199 g/mol. The zero-order valence-electron chi connectivity index (χ0n) is 6.07. The summed E-state index contributed by atoms with van der Waals surface area (Å²) < 4.78 is 10.3. The maximum Gasteiger partial charge on any atom is 0.0408 e. The molecule has 0 saturated carbocycles. The molecule has 0 amide bonds. The van der Waals surface area contributed by atoms with Gasteiger partial charge in [-0.2, -0.15) is 0 Å². The highest BCUT2D eigenvalue weighted by atomic mass is 35.5. The standard InChI is InChI=1S/C7H8ClO3P/c8-7-3-1-2-6(4-7)5-12(9,10)11/h1-4H,5H2,(H2,9,10,11)/p-2. The fourth-order valence-electron chi connectivity index (χ4n) is 0.859. The Hall–Kier alpha value is -0.340. The highest BCUT2D eigenvalue weighted by molar-refractivity contribution is 7.47. The molecule has 0 bridgehead atoms. The van der Waals surface area contributed by atoms with Crippen LogP contribution in [-0.2, 0) is 10.7 Å². The van der Waals surface area contributed by atoms with Crippen molar-refractivity contribution in [3.8, 4) is 0 Å². The van der Waals surface area contributed by atoms with Gasteiger partial charge in [0.05, 0.1) is 0 Å². The van der Waals surface area contributed by atoms with Crippen molar-refractivity contribution in [2.75, 3.05) is 0 Å². The number of benzene rings is 1. The van der Waals surface area contributed by atoms with Crippen LogP contribution < -0.4 is 9.79 Å². The van der Waals surface area contributed by atoms with Crippen LogP contribution in [0.2, 0.25) is 5.02 Å². The van der Waals surface area contributed by atoms with Crippen LogP contribution in [0.15, 0.2) is 24.3 Å². The monoisotopic (exact) mass is 204 g/mol. The van der Waals surface area contributed by atoms with Gasteiger partial charge in [-0.05, 0) is 17.7 Å². The van der Waals surface area contributed by atoms with Crippen LogP contribution in [0.4, 0.5) is 0 Å². The molecular formula is C7H6ClO3P-2. The van der Waals surface area contributed by atoms with Gasteiger partial charge in [0.15, 0.2) is 0 Å². The molecule has 0 fully saturated rings. The highest BCUT2D eigenvalue weighted by Crippen LogP contribution is 2.29. The molecule has 3 nitrogen and oxygen atoms in total.